The second-order valence-electron chi connectivity index (χ2n) is 3.91. The topological polar surface area (TPSA) is 98.1 Å². The zero-order valence-corrected chi connectivity index (χ0v) is 9.66. The van der Waals surface area contributed by atoms with E-state index in [9.17, 15) is 5.11 Å². The van der Waals surface area contributed by atoms with Crippen LogP contribution in [0, 0.1) is 6.92 Å². The molecule has 2 aromatic rings. The molecule has 2 atom stereocenters. The molecule has 0 bridgehead atoms. The molecule has 90 valence electrons. The van der Waals surface area contributed by atoms with Crippen molar-refractivity contribution >= 4 is 0 Å². The molecule has 2 aromatic heterocycles. The van der Waals surface area contributed by atoms with Crippen LogP contribution in [0.4, 0.5) is 0 Å². The summed E-state index contributed by atoms with van der Waals surface area (Å²) in [5, 5.41) is 13.2. The van der Waals surface area contributed by atoms with Crippen LogP contribution in [0.1, 0.15) is 24.4 Å². The third-order valence-electron chi connectivity index (χ3n) is 2.51. The quantitative estimate of drug-likeness (QED) is 0.815. The summed E-state index contributed by atoms with van der Waals surface area (Å²) >= 11 is 0. The number of aliphatic hydroxyl groups is 1. The van der Waals surface area contributed by atoms with Crippen molar-refractivity contribution in [3.05, 3.63) is 29.9 Å². The highest BCUT2D eigenvalue weighted by molar-refractivity contribution is 5.57. The summed E-state index contributed by atoms with van der Waals surface area (Å²) in [6.45, 7) is 3.49. The third kappa shape index (κ3) is 2.32. The molecule has 2 heterocycles. The maximum Gasteiger partial charge on any atom is 0.246 e. The van der Waals surface area contributed by atoms with Crippen molar-refractivity contribution in [2.75, 3.05) is 0 Å². The van der Waals surface area contributed by atoms with Gasteiger partial charge in [0.15, 0.2) is 0 Å². The van der Waals surface area contributed by atoms with Gasteiger partial charge >= 0.3 is 0 Å². The van der Waals surface area contributed by atoms with Crippen molar-refractivity contribution in [2.45, 2.75) is 26.0 Å². The molecule has 2 unspecified atom stereocenters. The average molecular weight is 234 g/mol. The van der Waals surface area contributed by atoms with Gasteiger partial charge in [0.25, 0.3) is 0 Å². The molecule has 2 rings (SSSR count). The van der Waals surface area contributed by atoms with Crippen LogP contribution in [0.5, 0.6) is 0 Å². The van der Waals surface area contributed by atoms with E-state index < -0.39 is 12.1 Å². The Morgan fingerprint density at radius 2 is 2.24 bits per heavy atom. The van der Waals surface area contributed by atoms with E-state index in [0.717, 1.165) is 11.1 Å². The first-order chi connectivity index (χ1) is 8.09. The van der Waals surface area contributed by atoms with Crippen molar-refractivity contribution in [1.29, 1.82) is 0 Å². The van der Waals surface area contributed by atoms with Crippen LogP contribution in [0.15, 0.2) is 23.0 Å². The van der Waals surface area contributed by atoms with Crippen LogP contribution >= 0.6 is 0 Å². The Morgan fingerprint density at radius 1 is 1.47 bits per heavy atom. The monoisotopic (exact) mass is 234 g/mol. The smallest absolute Gasteiger partial charge is 0.246 e. The molecule has 0 aliphatic carbocycles. The molecule has 3 N–H and O–H groups in total. The summed E-state index contributed by atoms with van der Waals surface area (Å²) in [7, 11) is 0. The molecule has 0 aliphatic heterocycles. The highest BCUT2D eigenvalue weighted by atomic mass is 16.5. The van der Waals surface area contributed by atoms with Crippen LogP contribution in [0.2, 0.25) is 0 Å². The number of nitrogens with zero attached hydrogens (tertiary/aromatic N) is 3. The van der Waals surface area contributed by atoms with Crippen molar-refractivity contribution in [3.63, 3.8) is 0 Å². The van der Waals surface area contributed by atoms with E-state index >= 15 is 0 Å². The van der Waals surface area contributed by atoms with Gasteiger partial charge in [-0.15, -0.1) is 0 Å². The summed E-state index contributed by atoms with van der Waals surface area (Å²) in [4.78, 5) is 8.16. The van der Waals surface area contributed by atoms with Crippen LogP contribution in [-0.2, 0) is 0 Å². The summed E-state index contributed by atoms with van der Waals surface area (Å²) in [5.74, 6) is 0.683. The van der Waals surface area contributed by atoms with E-state index in [2.05, 4.69) is 15.1 Å². The van der Waals surface area contributed by atoms with Gasteiger partial charge in [-0.05, 0) is 25.5 Å². The Hall–Kier alpha value is -1.79. The van der Waals surface area contributed by atoms with Crippen LogP contribution in [0.25, 0.3) is 11.4 Å². The maximum atomic E-state index is 9.35. The lowest BCUT2D eigenvalue weighted by atomic mass is 10.1. The van der Waals surface area contributed by atoms with E-state index in [1.165, 1.54) is 0 Å². The molecule has 0 aliphatic rings. The fraction of sp³-hybridized carbons (Fsp3) is 0.364. The molecule has 6 nitrogen and oxygen atoms in total. The van der Waals surface area contributed by atoms with Crippen molar-refractivity contribution in [3.8, 4) is 11.4 Å². The Labute approximate surface area is 98.5 Å². The second kappa shape index (κ2) is 4.60. The van der Waals surface area contributed by atoms with Crippen LogP contribution in [-0.4, -0.2) is 26.3 Å². The van der Waals surface area contributed by atoms with Crippen LogP contribution < -0.4 is 5.73 Å². The lowest BCUT2D eigenvalue weighted by Gasteiger charge is -2.08. The zero-order chi connectivity index (χ0) is 12.4. The number of aromatic nitrogens is 3. The van der Waals surface area contributed by atoms with Gasteiger partial charge in [-0.1, -0.05) is 5.16 Å². The largest absolute Gasteiger partial charge is 0.391 e. The first-order valence-electron chi connectivity index (χ1n) is 5.28. The number of nitrogens with two attached hydrogens (primary N) is 1. The normalized spacial score (nSPS) is 14.6. The van der Waals surface area contributed by atoms with E-state index in [1.54, 1.807) is 25.4 Å². The first-order valence-corrected chi connectivity index (χ1v) is 5.28. The fourth-order valence-corrected chi connectivity index (χ4v) is 1.41. The summed E-state index contributed by atoms with van der Waals surface area (Å²) in [6, 6.07) is 1.14. The predicted octanol–water partition coefficient (Wildman–Crippen LogP) is 0.821. The Kier molecular flexibility index (Phi) is 3.16. The summed E-state index contributed by atoms with van der Waals surface area (Å²) < 4.78 is 5.03. The highest BCUT2D eigenvalue weighted by Gasteiger charge is 2.20. The Morgan fingerprint density at radius 3 is 2.88 bits per heavy atom. The molecule has 0 spiro atoms. The predicted molar refractivity (Wildman–Crippen MR) is 60.9 cm³/mol. The van der Waals surface area contributed by atoms with Crippen molar-refractivity contribution in [1.82, 2.24) is 15.1 Å². The minimum atomic E-state index is -0.734. The average Bonchev–Trinajstić information content (AvgIpc) is 2.77. The van der Waals surface area contributed by atoms with Gasteiger partial charge in [-0.2, -0.15) is 4.98 Å². The summed E-state index contributed by atoms with van der Waals surface area (Å²) in [6.07, 6.45) is 2.65. The number of pyridine rings is 1. The Balaban J connectivity index is 2.34. The number of hydrogen-bond donors (Lipinski definition) is 2. The molecule has 0 radical (unpaired) electrons. The molecule has 0 saturated carbocycles. The van der Waals surface area contributed by atoms with E-state index in [0.29, 0.717) is 5.82 Å². The molecule has 0 saturated heterocycles. The number of hydrogen-bond acceptors (Lipinski definition) is 6. The van der Waals surface area contributed by atoms with Crippen molar-refractivity contribution in [2.24, 2.45) is 5.73 Å². The van der Waals surface area contributed by atoms with E-state index in [-0.39, 0.29) is 5.89 Å². The summed E-state index contributed by atoms with van der Waals surface area (Å²) in [5.41, 5.74) is 7.50. The SMILES string of the molecule is Cc1cnccc1-c1noc(C(N)C(C)O)n1. The molecule has 0 aromatic carbocycles. The molecular formula is C11H14N4O2. The number of aryl methyl sites for hydroxylation is 1. The number of aliphatic hydroxyl groups excluding tert-OH is 1. The van der Waals surface area contributed by atoms with E-state index in [1.807, 2.05) is 6.92 Å². The lowest BCUT2D eigenvalue weighted by molar-refractivity contribution is 0.146. The van der Waals surface area contributed by atoms with Crippen LogP contribution in [0.3, 0.4) is 0 Å². The fourth-order valence-electron chi connectivity index (χ4n) is 1.41. The van der Waals surface area contributed by atoms with Gasteiger partial charge in [-0.3, -0.25) is 4.98 Å². The standard InChI is InChI=1S/C11H14N4O2/c1-6-5-13-4-3-8(6)10-14-11(17-15-10)9(12)7(2)16/h3-5,7,9,16H,12H2,1-2H3. The second-order valence-corrected chi connectivity index (χ2v) is 3.91. The van der Waals surface area contributed by atoms with Gasteiger partial charge in [0, 0.05) is 18.0 Å². The molecule has 0 fully saturated rings. The lowest BCUT2D eigenvalue weighted by Crippen LogP contribution is -2.23. The zero-order valence-electron chi connectivity index (χ0n) is 9.66. The molecular weight excluding hydrogens is 220 g/mol. The van der Waals surface area contributed by atoms with Gasteiger partial charge < -0.3 is 15.4 Å². The molecule has 0 amide bonds. The molecule has 17 heavy (non-hydrogen) atoms. The van der Waals surface area contributed by atoms with Gasteiger partial charge in [0.1, 0.15) is 6.04 Å². The maximum absolute atomic E-state index is 9.35. The Bertz CT molecular complexity index is 510. The minimum Gasteiger partial charge on any atom is -0.391 e. The minimum absolute atomic E-state index is 0.228. The van der Waals surface area contributed by atoms with Gasteiger partial charge in [0.05, 0.1) is 6.10 Å². The van der Waals surface area contributed by atoms with E-state index in [4.69, 9.17) is 10.3 Å². The van der Waals surface area contributed by atoms with Crippen molar-refractivity contribution < 1.29 is 9.63 Å². The third-order valence-corrected chi connectivity index (χ3v) is 2.51. The number of rotatable bonds is 3. The van der Waals surface area contributed by atoms with Gasteiger partial charge in [0.2, 0.25) is 11.7 Å². The highest BCUT2D eigenvalue weighted by Crippen LogP contribution is 2.21. The van der Waals surface area contributed by atoms with Gasteiger partial charge in [-0.25, -0.2) is 0 Å². The first kappa shape index (κ1) is 11.7. The molecule has 6 heteroatoms.